The third-order valence-electron chi connectivity index (χ3n) is 7.26. The van der Waals surface area contributed by atoms with Gasteiger partial charge < -0.3 is 24.6 Å². The molecule has 1 aromatic heterocycles. The Balaban J connectivity index is 1.26. The number of carbonyl (C=O) groups is 3. The van der Waals surface area contributed by atoms with E-state index in [4.69, 9.17) is 9.84 Å². The van der Waals surface area contributed by atoms with Crippen molar-refractivity contribution in [2.75, 3.05) is 25.0 Å². The monoisotopic (exact) mass is 543 g/mol. The first-order valence-corrected chi connectivity index (χ1v) is 12.9. The zero-order valence-corrected chi connectivity index (χ0v) is 21.4. The number of hydrogen-bond acceptors (Lipinski definition) is 5. The number of likely N-dealkylation sites (tertiary alicyclic amines) is 1. The standard InChI is InChI=1S/C29H26FN5O5/c30-21-3-1-2-19(13-21)25-15-22(36)8-9-35(25)29(39)34-10-11-40-26-7-5-17(12-20(26)16-34)18-4-6-23-24(14-18)32-27(31-23)33-28(37)38/h1-7,12-14,25H,8-11,15-16H2,(H,37,38)(H2,31,32,33). The predicted octanol–water partition coefficient (Wildman–Crippen LogP) is 5.18. The van der Waals surface area contributed by atoms with Crippen molar-refractivity contribution in [3.05, 3.63) is 77.6 Å². The van der Waals surface area contributed by atoms with Crippen LogP contribution in [0.15, 0.2) is 60.7 Å². The molecule has 0 saturated carbocycles. The quantitative estimate of drug-likeness (QED) is 0.327. The van der Waals surface area contributed by atoms with Gasteiger partial charge >= 0.3 is 12.1 Å². The summed E-state index contributed by atoms with van der Waals surface area (Å²) in [5, 5.41) is 11.2. The van der Waals surface area contributed by atoms with Gasteiger partial charge in [-0.2, -0.15) is 0 Å². The van der Waals surface area contributed by atoms with E-state index < -0.39 is 18.0 Å². The molecule has 3 amide bonds. The molecule has 11 heteroatoms. The van der Waals surface area contributed by atoms with E-state index in [1.54, 1.807) is 28.0 Å². The molecule has 0 spiro atoms. The number of piperidine rings is 1. The van der Waals surface area contributed by atoms with Crippen molar-refractivity contribution in [3.8, 4) is 16.9 Å². The average Bonchev–Trinajstić information content (AvgIpc) is 3.20. The summed E-state index contributed by atoms with van der Waals surface area (Å²) in [7, 11) is 0. The van der Waals surface area contributed by atoms with Gasteiger partial charge in [-0.3, -0.25) is 10.1 Å². The highest BCUT2D eigenvalue weighted by atomic mass is 19.1. The van der Waals surface area contributed by atoms with Gasteiger partial charge in [0.1, 0.15) is 24.0 Å². The number of halogens is 1. The maximum Gasteiger partial charge on any atom is 0.411 e. The van der Waals surface area contributed by atoms with Crippen LogP contribution in [0.3, 0.4) is 0 Å². The number of anilines is 1. The van der Waals surface area contributed by atoms with Crippen LogP contribution in [0, 0.1) is 5.82 Å². The van der Waals surface area contributed by atoms with Crippen LogP contribution in [-0.4, -0.2) is 62.5 Å². The van der Waals surface area contributed by atoms with E-state index in [0.29, 0.717) is 42.0 Å². The Labute approximate surface area is 228 Å². The molecule has 3 aromatic carbocycles. The van der Waals surface area contributed by atoms with E-state index >= 15 is 0 Å². The Bertz CT molecular complexity index is 1640. The molecule has 4 aromatic rings. The molecule has 1 unspecified atom stereocenters. The number of rotatable bonds is 3. The van der Waals surface area contributed by atoms with Gasteiger partial charge in [-0.15, -0.1) is 0 Å². The molecule has 3 N–H and O–H groups in total. The summed E-state index contributed by atoms with van der Waals surface area (Å²) >= 11 is 0. The number of aromatic nitrogens is 2. The van der Waals surface area contributed by atoms with Crippen molar-refractivity contribution in [3.63, 3.8) is 0 Å². The predicted molar refractivity (Wildman–Crippen MR) is 145 cm³/mol. The maximum atomic E-state index is 14.0. The number of fused-ring (bicyclic) bond motifs is 2. The highest BCUT2D eigenvalue weighted by molar-refractivity contribution is 5.88. The Morgan fingerprint density at radius 2 is 1.90 bits per heavy atom. The molecule has 3 heterocycles. The fraction of sp³-hybridized carbons (Fsp3) is 0.241. The van der Waals surface area contributed by atoms with Gasteiger partial charge in [0.25, 0.3) is 0 Å². The molecule has 0 bridgehead atoms. The SMILES string of the molecule is O=C1CCN(C(=O)N2CCOc3ccc(-c4ccc5nc(NC(=O)O)[nH]c5c4)cc3C2)C(c2cccc(F)c2)C1. The van der Waals surface area contributed by atoms with Gasteiger partial charge in [0.05, 0.1) is 30.2 Å². The summed E-state index contributed by atoms with van der Waals surface area (Å²) in [4.78, 5) is 47.6. The van der Waals surface area contributed by atoms with Crippen LogP contribution in [0.2, 0.25) is 0 Å². The van der Waals surface area contributed by atoms with Gasteiger partial charge in [0, 0.05) is 24.9 Å². The first-order chi connectivity index (χ1) is 19.3. The van der Waals surface area contributed by atoms with Crippen molar-refractivity contribution >= 4 is 34.9 Å². The Kier molecular flexibility index (Phi) is 6.54. The lowest BCUT2D eigenvalue weighted by atomic mass is 9.94. The van der Waals surface area contributed by atoms with Crippen LogP contribution in [0.1, 0.15) is 30.0 Å². The summed E-state index contributed by atoms with van der Waals surface area (Å²) in [6.07, 6.45) is -0.787. The van der Waals surface area contributed by atoms with Crippen molar-refractivity contribution < 1.29 is 28.6 Å². The van der Waals surface area contributed by atoms with Crippen LogP contribution in [0.25, 0.3) is 22.2 Å². The largest absolute Gasteiger partial charge is 0.491 e. The highest BCUT2D eigenvalue weighted by Gasteiger charge is 2.35. The van der Waals surface area contributed by atoms with Crippen molar-refractivity contribution in [1.29, 1.82) is 0 Å². The number of imidazole rings is 1. The zero-order chi connectivity index (χ0) is 27.8. The third kappa shape index (κ3) is 5.05. The average molecular weight is 544 g/mol. The van der Waals surface area contributed by atoms with E-state index in [9.17, 15) is 18.8 Å². The second kappa shape index (κ2) is 10.3. The number of aromatic amines is 1. The normalized spacial score (nSPS) is 17.2. The second-order valence-electron chi connectivity index (χ2n) is 9.88. The number of benzene rings is 3. The molecular weight excluding hydrogens is 517 g/mol. The Morgan fingerprint density at radius 3 is 2.73 bits per heavy atom. The first kappa shape index (κ1) is 25.4. The van der Waals surface area contributed by atoms with Crippen LogP contribution >= 0.6 is 0 Å². The van der Waals surface area contributed by atoms with Crippen LogP contribution in [0.5, 0.6) is 5.75 Å². The number of hydrogen-bond donors (Lipinski definition) is 3. The smallest absolute Gasteiger partial charge is 0.411 e. The molecule has 1 saturated heterocycles. The van der Waals surface area contributed by atoms with Crippen LogP contribution in [-0.2, 0) is 11.3 Å². The van der Waals surface area contributed by atoms with Crippen molar-refractivity contribution in [1.82, 2.24) is 19.8 Å². The van der Waals surface area contributed by atoms with Crippen molar-refractivity contribution in [2.45, 2.75) is 25.4 Å². The Hall–Kier alpha value is -4.93. The fourth-order valence-corrected chi connectivity index (χ4v) is 5.34. The van der Waals surface area contributed by atoms with E-state index in [-0.39, 0.29) is 37.1 Å². The molecule has 2 aliphatic heterocycles. The molecule has 1 fully saturated rings. The van der Waals surface area contributed by atoms with Crippen LogP contribution in [0.4, 0.5) is 19.9 Å². The minimum Gasteiger partial charge on any atom is -0.491 e. The zero-order valence-electron chi connectivity index (χ0n) is 21.4. The van der Waals surface area contributed by atoms with Gasteiger partial charge in [-0.1, -0.05) is 24.3 Å². The first-order valence-electron chi connectivity index (χ1n) is 12.9. The number of ketones is 1. The molecule has 0 radical (unpaired) electrons. The summed E-state index contributed by atoms with van der Waals surface area (Å²) in [5.74, 6) is 0.466. The fourth-order valence-electron chi connectivity index (χ4n) is 5.34. The maximum absolute atomic E-state index is 14.0. The lowest BCUT2D eigenvalue weighted by molar-refractivity contribution is -0.122. The summed E-state index contributed by atoms with van der Waals surface area (Å²) in [6, 6.07) is 16.7. The number of nitrogens with zero attached hydrogens (tertiary/aromatic N) is 3. The molecule has 0 aliphatic carbocycles. The minimum atomic E-state index is -1.21. The number of Topliss-reactive ketones (excluding diaryl/α,β-unsaturated/α-hetero) is 1. The molecular formula is C29H26FN5O5. The number of urea groups is 1. The second-order valence-corrected chi connectivity index (χ2v) is 9.88. The molecule has 204 valence electrons. The van der Waals surface area contributed by atoms with E-state index in [0.717, 1.165) is 16.7 Å². The number of H-pyrrole nitrogens is 1. The molecule has 6 rings (SSSR count). The number of nitrogens with one attached hydrogen (secondary N) is 2. The molecule has 2 aliphatic rings. The summed E-state index contributed by atoms with van der Waals surface area (Å²) < 4.78 is 20.0. The lowest BCUT2D eigenvalue weighted by Gasteiger charge is -2.38. The number of amides is 3. The van der Waals surface area contributed by atoms with E-state index in [2.05, 4.69) is 15.3 Å². The van der Waals surface area contributed by atoms with Crippen LogP contribution < -0.4 is 10.1 Å². The molecule has 10 nitrogen and oxygen atoms in total. The lowest BCUT2D eigenvalue weighted by Crippen LogP contribution is -2.48. The molecule has 40 heavy (non-hydrogen) atoms. The van der Waals surface area contributed by atoms with Gasteiger partial charge in [-0.05, 0) is 53.1 Å². The number of carboxylic acid groups (broad SMARTS) is 1. The van der Waals surface area contributed by atoms with Gasteiger partial charge in [0.2, 0.25) is 5.95 Å². The Morgan fingerprint density at radius 1 is 1.07 bits per heavy atom. The number of carbonyl (C=O) groups excluding carboxylic acids is 2. The summed E-state index contributed by atoms with van der Waals surface area (Å²) in [6.45, 7) is 1.25. The number of ether oxygens (including phenoxy) is 1. The topological polar surface area (TPSA) is 128 Å². The van der Waals surface area contributed by atoms with Crippen molar-refractivity contribution in [2.24, 2.45) is 0 Å². The minimum absolute atomic E-state index is 0.0487. The van der Waals surface area contributed by atoms with Gasteiger partial charge in [0.15, 0.2) is 0 Å². The highest BCUT2D eigenvalue weighted by Crippen LogP contribution is 2.34. The third-order valence-corrected chi connectivity index (χ3v) is 7.26. The van der Waals surface area contributed by atoms with Gasteiger partial charge in [-0.25, -0.2) is 19.0 Å². The van der Waals surface area contributed by atoms with E-state index in [1.807, 2.05) is 30.3 Å². The summed E-state index contributed by atoms with van der Waals surface area (Å²) in [5.41, 5.74) is 4.50. The molecule has 1 atom stereocenters. The van der Waals surface area contributed by atoms with E-state index in [1.165, 1.54) is 12.1 Å².